The lowest BCUT2D eigenvalue weighted by Gasteiger charge is -2.34. The molecule has 6 heteroatoms. The highest BCUT2D eigenvalue weighted by Gasteiger charge is 2.25. The van der Waals surface area contributed by atoms with E-state index in [9.17, 15) is 9.59 Å². The van der Waals surface area contributed by atoms with E-state index in [2.05, 4.69) is 17.6 Å². The van der Waals surface area contributed by atoms with Crippen molar-refractivity contribution in [1.29, 1.82) is 0 Å². The summed E-state index contributed by atoms with van der Waals surface area (Å²) in [6.07, 6.45) is 1.84. The van der Waals surface area contributed by atoms with E-state index in [1.54, 1.807) is 11.8 Å². The van der Waals surface area contributed by atoms with Gasteiger partial charge in [0.05, 0.1) is 5.56 Å². The van der Waals surface area contributed by atoms with E-state index in [1.165, 1.54) is 0 Å². The van der Waals surface area contributed by atoms with E-state index < -0.39 is 0 Å². The van der Waals surface area contributed by atoms with Crippen LogP contribution in [0.25, 0.3) is 0 Å². The van der Waals surface area contributed by atoms with Crippen LogP contribution in [-0.4, -0.2) is 47.8 Å². The van der Waals surface area contributed by atoms with E-state index >= 15 is 0 Å². The van der Waals surface area contributed by atoms with Crippen LogP contribution in [0, 0.1) is 5.92 Å². The summed E-state index contributed by atoms with van der Waals surface area (Å²) in [6.45, 7) is 10.2. The normalized spacial score (nSPS) is 15.6. The van der Waals surface area contributed by atoms with Crippen molar-refractivity contribution in [2.24, 2.45) is 5.92 Å². The minimum absolute atomic E-state index is 0.00510. The number of likely N-dealkylation sites (tertiary alicyclic amines) is 1. The second-order valence-electron chi connectivity index (χ2n) is 7.75. The molecule has 5 nitrogen and oxygen atoms in total. The summed E-state index contributed by atoms with van der Waals surface area (Å²) in [4.78, 5) is 27.6. The summed E-state index contributed by atoms with van der Waals surface area (Å²) < 4.78 is 0. The molecule has 0 atom stereocenters. The number of amides is 3. The molecule has 1 fully saturated rings. The zero-order valence-electron chi connectivity index (χ0n) is 16.3. The average molecular weight is 378 g/mol. The largest absolute Gasteiger partial charge is 0.352 e. The summed E-state index contributed by atoms with van der Waals surface area (Å²) in [5.74, 6) is 1.36. The molecule has 0 aromatic heterocycles. The number of urea groups is 1. The summed E-state index contributed by atoms with van der Waals surface area (Å²) in [5, 5.41) is 6.09. The highest BCUT2D eigenvalue weighted by Crippen LogP contribution is 2.22. The van der Waals surface area contributed by atoms with Gasteiger partial charge in [0.1, 0.15) is 0 Å². The van der Waals surface area contributed by atoms with Crippen LogP contribution in [0.3, 0.4) is 0 Å². The fourth-order valence-corrected chi connectivity index (χ4v) is 3.81. The lowest BCUT2D eigenvalue weighted by molar-refractivity contribution is 0.0934. The minimum Gasteiger partial charge on any atom is -0.352 e. The Morgan fingerprint density at radius 2 is 1.85 bits per heavy atom. The van der Waals surface area contributed by atoms with Crippen LogP contribution in [0.2, 0.25) is 0 Å². The zero-order chi connectivity index (χ0) is 19.2. The lowest BCUT2D eigenvalue weighted by atomic mass is 9.96. The lowest BCUT2D eigenvalue weighted by Crippen LogP contribution is -2.51. The van der Waals surface area contributed by atoms with Gasteiger partial charge in [0.2, 0.25) is 0 Å². The van der Waals surface area contributed by atoms with Crippen molar-refractivity contribution in [3.63, 3.8) is 0 Å². The fraction of sp³-hybridized carbons (Fsp3) is 0.600. The molecular weight excluding hydrogens is 346 g/mol. The summed E-state index contributed by atoms with van der Waals surface area (Å²) >= 11 is 1.69. The van der Waals surface area contributed by atoms with Gasteiger partial charge in [0.15, 0.2) is 0 Å². The molecule has 1 saturated heterocycles. The number of nitrogens with one attached hydrogen (secondary N) is 2. The Balaban J connectivity index is 1.80. The van der Waals surface area contributed by atoms with Crippen molar-refractivity contribution in [1.82, 2.24) is 15.5 Å². The van der Waals surface area contributed by atoms with Gasteiger partial charge in [0, 0.05) is 30.1 Å². The standard InChI is InChI=1S/C20H31N3O2S/c1-5-26-17-9-7-6-8-16(17)18(24)21-14-15-10-12-23(13-11-15)19(25)22-20(2,3)4/h6-9,15H,5,10-14H2,1-4H3,(H,21,24)(H,22,25). The number of hydrogen-bond acceptors (Lipinski definition) is 3. The zero-order valence-corrected chi connectivity index (χ0v) is 17.1. The second-order valence-corrected chi connectivity index (χ2v) is 9.06. The van der Waals surface area contributed by atoms with Gasteiger partial charge >= 0.3 is 6.03 Å². The van der Waals surface area contributed by atoms with Crippen molar-refractivity contribution in [2.45, 2.75) is 51.0 Å². The van der Waals surface area contributed by atoms with E-state index in [-0.39, 0.29) is 17.5 Å². The fourth-order valence-electron chi connectivity index (χ4n) is 3.01. The number of nitrogens with zero attached hydrogens (tertiary/aromatic N) is 1. The van der Waals surface area contributed by atoms with Crippen LogP contribution >= 0.6 is 11.8 Å². The molecule has 144 valence electrons. The van der Waals surface area contributed by atoms with E-state index in [1.807, 2.05) is 49.9 Å². The summed E-state index contributed by atoms with van der Waals surface area (Å²) in [7, 11) is 0. The number of hydrogen-bond donors (Lipinski definition) is 2. The Kier molecular flexibility index (Phi) is 7.38. The first-order chi connectivity index (χ1) is 12.3. The van der Waals surface area contributed by atoms with Crippen LogP contribution < -0.4 is 10.6 Å². The Morgan fingerprint density at radius 3 is 2.46 bits per heavy atom. The van der Waals surface area contributed by atoms with Gasteiger partial charge in [0.25, 0.3) is 5.91 Å². The number of piperidine rings is 1. The summed E-state index contributed by atoms with van der Waals surface area (Å²) in [6, 6.07) is 7.75. The van der Waals surface area contributed by atoms with Crippen LogP contribution in [0.15, 0.2) is 29.2 Å². The molecule has 1 aromatic carbocycles. The number of benzene rings is 1. The third-order valence-electron chi connectivity index (χ3n) is 4.37. The molecule has 0 aliphatic carbocycles. The van der Waals surface area contributed by atoms with Gasteiger partial charge in [-0.05, 0) is 57.4 Å². The Labute approximate surface area is 161 Å². The number of rotatable bonds is 5. The maximum atomic E-state index is 12.5. The van der Waals surface area contributed by atoms with Crippen LogP contribution in [0.4, 0.5) is 4.79 Å². The highest BCUT2D eigenvalue weighted by atomic mass is 32.2. The first kappa shape index (κ1) is 20.6. The smallest absolute Gasteiger partial charge is 0.317 e. The first-order valence-electron chi connectivity index (χ1n) is 9.37. The van der Waals surface area contributed by atoms with Crippen LogP contribution in [0.1, 0.15) is 50.9 Å². The summed E-state index contributed by atoms with van der Waals surface area (Å²) in [5.41, 5.74) is 0.535. The molecule has 0 unspecified atom stereocenters. The monoisotopic (exact) mass is 377 g/mol. The van der Waals surface area contributed by atoms with E-state index in [0.29, 0.717) is 12.5 Å². The van der Waals surface area contributed by atoms with Gasteiger partial charge in [-0.1, -0.05) is 19.1 Å². The maximum Gasteiger partial charge on any atom is 0.317 e. The van der Waals surface area contributed by atoms with Gasteiger partial charge in [-0.25, -0.2) is 4.79 Å². The molecule has 0 radical (unpaired) electrons. The Bertz CT molecular complexity index is 620. The third-order valence-corrected chi connectivity index (χ3v) is 5.32. The van der Waals surface area contributed by atoms with E-state index in [4.69, 9.17) is 0 Å². The predicted octanol–water partition coefficient (Wildman–Crippen LogP) is 3.75. The molecule has 3 amide bonds. The Morgan fingerprint density at radius 1 is 1.19 bits per heavy atom. The average Bonchev–Trinajstić information content (AvgIpc) is 2.59. The second kappa shape index (κ2) is 9.31. The molecule has 0 saturated carbocycles. The molecular formula is C20H31N3O2S. The number of carbonyl (C=O) groups is 2. The van der Waals surface area contributed by atoms with Crippen molar-refractivity contribution in [3.05, 3.63) is 29.8 Å². The molecule has 2 rings (SSSR count). The van der Waals surface area contributed by atoms with Gasteiger partial charge in [-0.15, -0.1) is 11.8 Å². The first-order valence-corrected chi connectivity index (χ1v) is 10.4. The topological polar surface area (TPSA) is 61.4 Å². The van der Waals surface area contributed by atoms with Crippen molar-refractivity contribution < 1.29 is 9.59 Å². The third kappa shape index (κ3) is 6.24. The van der Waals surface area contributed by atoms with Crippen molar-refractivity contribution >= 4 is 23.7 Å². The number of carbonyl (C=O) groups excluding carboxylic acids is 2. The molecule has 1 heterocycles. The molecule has 1 aromatic rings. The Hall–Kier alpha value is -1.69. The molecule has 0 spiro atoms. The predicted molar refractivity (Wildman–Crippen MR) is 108 cm³/mol. The van der Waals surface area contributed by atoms with E-state index in [0.717, 1.165) is 42.1 Å². The van der Waals surface area contributed by atoms with Gasteiger partial charge < -0.3 is 15.5 Å². The maximum absolute atomic E-state index is 12.5. The SMILES string of the molecule is CCSc1ccccc1C(=O)NCC1CCN(C(=O)NC(C)(C)C)CC1. The highest BCUT2D eigenvalue weighted by molar-refractivity contribution is 7.99. The number of thioether (sulfide) groups is 1. The molecule has 1 aliphatic heterocycles. The minimum atomic E-state index is -0.216. The molecule has 1 aliphatic rings. The van der Waals surface area contributed by atoms with Crippen LogP contribution in [0.5, 0.6) is 0 Å². The molecule has 2 N–H and O–H groups in total. The van der Waals surface area contributed by atoms with Gasteiger partial charge in [-0.3, -0.25) is 4.79 Å². The van der Waals surface area contributed by atoms with Crippen molar-refractivity contribution in [2.75, 3.05) is 25.4 Å². The molecule has 0 bridgehead atoms. The van der Waals surface area contributed by atoms with Crippen LogP contribution in [-0.2, 0) is 0 Å². The molecule has 26 heavy (non-hydrogen) atoms. The quantitative estimate of drug-likeness (QED) is 0.768. The van der Waals surface area contributed by atoms with Gasteiger partial charge in [-0.2, -0.15) is 0 Å². The van der Waals surface area contributed by atoms with Crippen molar-refractivity contribution in [3.8, 4) is 0 Å².